The molecule has 0 N–H and O–H groups in total. The van der Waals surface area contributed by atoms with Crippen LogP contribution < -0.4 is 0 Å². The molecule has 0 aromatic carbocycles. The van der Waals surface area contributed by atoms with Gasteiger partial charge in [0.1, 0.15) is 5.60 Å². The van der Waals surface area contributed by atoms with Crippen molar-refractivity contribution in [2.45, 2.75) is 219 Å². The average molecular weight is 714 g/mol. The Morgan fingerprint density at radius 2 is 0.980 bits per heavy atom. The number of rotatable bonds is 33. The first-order valence-electron chi connectivity index (χ1n) is 21.7. The van der Waals surface area contributed by atoms with E-state index in [1.165, 1.54) is 128 Å². The molecule has 0 bridgehead atoms. The van der Waals surface area contributed by atoms with E-state index in [0.29, 0.717) is 19.8 Å². The molecule has 1 fully saturated rings. The molecule has 5 heteroatoms. The van der Waals surface area contributed by atoms with E-state index < -0.39 is 5.60 Å². The zero-order valence-electron chi connectivity index (χ0n) is 34.4. The summed E-state index contributed by atoms with van der Waals surface area (Å²) < 4.78 is 18.5. The maximum Gasteiger partial charge on any atom is 0.410 e. The van der Waals surface area contributed by atoms with E-state index in [2.05, 4.69) is 62.5 Å². The van der Waals surface area contributed by atoms with Crippen molar-refractivity contribution in [3.05, 3.63) is 48.6 Å². The van der Waals surface area contributed by atoms with Crippen molar-refractivity contribution in [2.75, 3.05) is 19.8 Å². The molecule has 1 rings (SSSR count). The lowest BCUT2D eigenvalue weighted by Crippen LogP contribution is -2.47. The van der Waals surface area contributed by atoms with Crippen LogP contribution in [0.1, 0.15) is 202 Å². The summed E-state index contributed by atoms with van der Waals surface area (Å²) in [5.41, 5.74) is -0.510. The van der Waals surface area contributed by atoms with Gasteiger partial charge in [-0.15, -0.1) is 0 Å². The monoisotopic (exact) mass is 714 g/mol. The van der Waals surface area contributed by atoms with Gasteiger partial charge in [0.15, 0.2) is 6.29 Å². The lowest BCUT2D eigenvalue weighted by molar-refractivity contribution is -0.173. The van der Waals surface area contributed by atoms with E-state index in [1.807, 2.05) is 25.7 Å². The van der Waals surface area contributed by atoms with Crippen LogP contribution in [0.25, 0.3) is 0 Å². The van der Waals surface area contributed by atoms with Crippen LogP contribution >= 0.6 is 0 Å². The summed E-state index contributed by atoms with van der Waals surface area (Å²) in [6, 6.07) is -0.0749. The lowest BCUT2D eigenvalue weighted by atomic mass is 10.1. The van der Waals surface area contributed by atoms with Gasteiger partial charge in [-0.2, -0.15) is 0 Å². The minimum atomic E-state index is -0.510. The van der Waals surface area contributed by atoms with Crippen molar-refractivity contribution in [3.8, 4) is 0 Å². The van der Waals surface area contributed by atoms with Gasteiger partial charge in [-0.25, -0.2) is 4.79 Å². The number of ether oxygens (including phenoxy) is 3. The minimum Gasteiger partial charge on any atom is -0.444 e. The largest absolute Gasteiger partial charge is 0.444 e. The topological polar surface area (TPSA) is 48.0 Å². The molecular weight excluding hydrogens is 631 g/mol. The number of carbonyl (C=O) groups excluding carboxylic acids is 1. The zero-order valence-corrected chi connectivity index (χ0v) is 34.4. The van der Waals surface area contributed by atoms with Crippen molar-refractivity contribution in [3.63, 3.8) is 0 Å². The molecule has 0 aromatic heterocycles. The highest BCUT2D eigenvalue weighted by molar-refractivity contribution is 5.69. The third-order valence-electron chi connectivity index (χ3n) is 9.50. The molecule has 1 aliphatic heterocycles. The maximum absolute atomic E-state index is 13.0. The number of hydrogen-bond donors (Lipinski definition) is 0. The number of carbonyl (C=O) groups is 1. The molecule has 0 unspecified atom stereocenters. The fourth-order valence-corrected chi connectivity index (χ4v) is 6.47. The lowest BCUT2D eigenvalue weighted by Gasteiger charge is -2.33. The third kappa shape index (κ3) is 29.3. The van der Waals surface area contributed by atoms with E-state index in [9.17, 15) is 4.79 Å². The molecule has 0 aromatic rings. The van der Waals surface area contributed by atoms with E-state index in [0.717, 1.165) is 38.5 Å². The Bertz CT molecular complexity index is 851. The minimum absolute atomic E-state index is 0.0749. The third-order valence-corrected chi connectivity index (χ3v) is 9.50. The first-order chi connectivity index (χ1) is 24.9. The molecule has 1 atom stereocenters. The van der Waals surface area contributed by atoms with Crippen molar-refractivity contribution < 1.29 is 19.0 Å². The van der Waals surface area contributed by atoms with Crippen LogP contribution in [-0.4, -0.2) is 48.7 Å². The molecule has 0 spiro atoms. The second-order valence-corrected chi connectivity index (χ2v) is 15.7. The van der Waals surface area contributed by atoms with E-state index in [-0.39, 0.29) is 18.4 Å². The van der Waals surface area contributed by atoms with Crippen LogP contribution in [0.5, 0.6) is 0 Å². The van der Waals surface area contributed by atoms with Crippen LogP contribution in [0, 0.1) is 0 Å². The Morgan fingerprint density at radius 3 is 1.39 bits per heavy atom. The smallest absolute Gasteiger partial charge is 0.410 e. The Hall–Kier alpha value is -1.85. The van der Waals surface area contributed by atoms with Gasteiger partial charge in [0, 0.05) is 19.8 Å². The van der Waals surface area contributed by atoms with Gasteiger partial charge in [0.05, 0.1) is 6.04 Å². The molecule has 51 heavy (non-hydrogen) atoms. The fraction of sp³-hybridized carbons (Fsp3) is 0.804. The summed E-state index contributed by atoms with van der Waals surface area (Å²) in [7, 11) is 0. The highest BCUT2D eigenvalue weighted by Crippen LogP contribution is 2.26. The number of hydrogen-bond acceptors (Lipinski definition) is 4. The van der Waals surface area contributed by atoms with Gasteiger partial charge in [-0.3, -0.25) is 0 Å². The predicted octanol–water partition coefficient (Wildman–Crippen LogP) is 14.4. The molecule has 0 aliphatic carbocycles. The van der Waals surface area contributed by atoms with Gasteiger partial charge in [-0.05, 0) is 111 Å². The van der Waals surface area contributed by atoms with Crippen molar-refractivity contribution >= 4 is 6.09 Å². The summed E-state index contributed by atoms with van der Waals surface area (Å²) in [6.45, 7) is 12.4. The van der Waals surface area contributed by atoms with Crippen LogP contribution in [0.2, 0.25) is 0 Å². The number of amides is 1. The van der Waals surface area contributed by atoms with Crippen molar-refractivity contribution in [1.29, 1.82) is 0 Å². The molecule has 1 amide bonds. The Kier molecular flexibility index (Phi) is 31.4. The maximum atomic E-state index is 13.0. The molecule has 1 saturated heterocycles. The summed E-state index contributed by atoms with van der Waals surface area (Å²) in [5, 5.41) is 0. The molecule has 1 heterocycles. The van der Waals surface area contributed by atoms with Crippen molar-refractivity contribution in [1.82, 2.24) is 4.90 Å². The molecule has 296 valence electrons. The first-order valence-corrected chi connectivity index (χ1v) is 21.7. The quantitative estimate of drug-likeness (QED) is 0.0386. The fourth-order valence-electron chi connectivity index (χ4n) is 6.47. The summed E-state index contributed by atoms with van der Waals surface area (Å²) in [6.07, 6.45) is 49.4. The summed E-state index contributed by atoms with van der Waals surface area (Å²) >= 11 is 0. The molecule has 1 aliphatic rings. The van der Waals surface area contributed by atoms with E-state index >= 15 is 0 Å². The molecule has 0 radical (unpaired) electrons. The van der Waals surface area contributed by atoms with Gasteiger partial charge >= 0.3 is 6.09 Å². The van der Waals surface area contributed by atoms with Crippen LogP contribution in [0.15, 0.2) is 48.6 Å². The van der Waals surface area contributed by atoms with E-state index in [1.54, 1.807) is 0 Å². The second kappa shape index (κ2) is 34.0. The Balaban J connectivity index is 2.28. The highest BCUT2D eigenvalue weighted by atomic mass is 16.7. The van der Waals surface area contributed by atoms with Gasteiger partial charge in [0.2, 0.25) is 0 Å². The predicted molar refractivity (Wildman–Crippen MR) is 220 cm³/mol. The Labute approximate surface area is 317 Å². The van der Waals surface area contributed by atoms with Crippen LogP contribution in [0.3, 0.4) is 0 Å². The second-order valence-electron chi connectivity index (χ2n) is 15.7. The molecule has 5 nitrogen and oxygen atoms in total. The summed E-state index contributed by atoms with van der Waals surface area (Å²) in [5.74, 6) is 0. The summed E-state index contributed by atoms with van der Waals surface area (Å²) in [4.78, 5) is 14.9. The van der Waals surface area contributed by atoms with Gasteiger partial charge < -0.3 is 19.1 Å². The van der Waals surface area contributed by atoms with Gasteiger partial charge in [-0.1, -0.05) is 140 Å². The SMILES string of the molecule is CCCCCC=CCC=CCCCCCCCCOC(OCCCCCCCCC=CCC=CCCCCC)[C@H]1CCCN1C(=O)OC(C)(C)C. The van der Waals surface area contributed by atoms with Crippen molar-refractivity contribution in [2.24, 2.45) is 0 Å². The standard InChI is InChI=1S/C46H83NO4/c1-6-8-10-12-14-16-18-20-22-24-26-28-30-32-34-36-41-49-44(43-39-38-40-47(43)45(48)51-46(3,4)5)50-42-37-35-33-31-29-27-25-23-21-19-17-15-13-11-9-7-2/h14-17,20-23,43-44H,6-13,18-19,24-42H2,1-5H3/t43-,44?/m1/s1. The first kappa shape index (κ1) is 47.2. The average Bonchev–Trinajstić information content (AvgIpc) is 3.59. The van der Waals surface area contributed by atoms with Crippen LogP contribution in [-0.2, 0) is 14.2 Å². The zero-order chi connectivity index (χ0) is 37.1. The Morgan fingerprint density at radius 1 is 0.588 bits per heavy atom. The highest BCUT2D eigenvalue weighted by Gasteiger charge is 2.38. The van der Waals surface area contributed by atoms with Crippen LogP contribution in [0.4, 0.5) is 4.79 Å². The number of nitrogens with zero attached hydrogens (tertiary/aromatic N) is 1. The number of allylic oxidation sites excluding steroid dienone is 8. The number of likely N-dealkylation sites (tertiary alicyclic amines) is 1. The molecule has 0 saturated carbocycles. The normalized spacial score (nSPS) is 16.2. The molecular formula is C46H83NO4. The van der Waals surface area contributed by atoms with E-state index in [4.69, 9.17) is 14.2 Å². The number of unbranched alkanes of at least 4 members (excludes halogenated alkanes) is 18. The van der Waals surface area contributed by atoms with Gasteiger partial charge in [0.25, 0.3) is 0 Å².